The number of carbonyl (C=O) groups is 1. The van der Waals surface area contributed by atoms with Gasteiger partial charge in [0.1, 0.15) is 11.4 Å². The fraction of sp³-hybridized carbons (Fsp3) is 0.409. The summed E-state index contributed by atoms with van der Waals surface area (Å²) < 4.78 is 6.12. The van der Waals surface area contributed by atoms with Crippen LogP contribution in [0.3, 0.4) is 0 Å². The summed E-state index contributed by atoms with van der Waals surface area (Å²) in [7, 11) is 0. The molecule has 0 unspecified atom stereocenters. The Hall–Kier alpha value is -1.94. The van der Waals surface area contributed by atoms with E-state index >= 15 is 0 Å². The third-order valence-corrected chi connectivity index (χ3v) is 5.76. The zero-order chi connectivity index (χ0) is 18.9. The van der Waals surface area contributed by atoms with Crippen LogP contribution in [-0.2, 0) is 4.79 Å². The van der Waals surface area contributed by atoms with E-state index in [4.69, 9.17) is 4.74 Å². The van der Waals surface area contributed by atoms with Crippen molar-refractivity contribution < 1.29 is 9.53 Å². The van der Waals surface area contributed by atoms with Crippen LogP contribution in [0.15, 0.2) is 47.4 Å². The molecule has 1 amide bonds. The lowest BCUT2D eigenvalue weighted by Gasteiger charge is -2.38. The zero-order valence-electron chi connectivity index (χ0n) is 16.1. The van der Waals surface area contributed by atoms with Crippen LogP contribution in [0.2, 0.25) is 0 Å². The van der Waals surface area contributed by atoms with E-state index in [0.717, 1.165) is 28.2 Å². The van der Waals surface area contributed by atoms with Gasteiger partial charge in [0.15, 0.2) is 0 Å². The number of hydrogen-bond donors (Lipinski definition) is 1. The Morgan fingerprint density at radius 3 is 2.50 bits per heavy atom. The maximum atomic E-state index is 12.8. The highest BCUT2D eigenvalue weighted by atomic mass is 32.2. The molecule has 138 valence electrons. The number of rotatable bonds is 4. The van der Waals surface area contributed by atoms with E-state index in [-0.39, 0.29) is 22.8 Å². The molecule has 0 spiro atoms. The first-order valence-corrected chi connectivity index (χ1v) is 9.95. The predicted octanol–water partition coefficient (Wildman–Crippen LogP) is 5.20. The smallest absolute Gasteiger partial charge is 0.233 e. The first-order valence-electron chi connectivity index (χ1n) is 9.07. The molecule has 0 saturated heterocycles. The molecule has 0 aliphatic carbocycles. The first kappa shape index (κ1) is 18.8. The van der Waals surface area contributed by atoms with Gasteiger partial charge < -0.3 is 10.1 Å². The second-order valence-corrected chi connectivity index (χ2v) is 9.16. The number of amides is 1. The Balaban J connectivity index is 1.73. The average Bonchev–Trinajstić information content (AvgIpc) is 2.55. The normalized spacial score (nSPS) is 19.2. The quantitative estimate of drug-likeness (QED) is 0.753. The third kappa shape index (κ3) is 4.42. The van der Waals surface area contributed by atoms with E-state index in [1.165, 1.54) is 5.56 Å². The summed E-state index contributed by atoms with van der Waals surface area (Å²) in [5, 5.41) is 3.09. The molecular formula is C22H27NO2S. The molecule has 3 rings (SSSR count). The summed E-state index contributed by atoms with van der Waals surface area (Å²) in [6, 6.07) is 14.5. The van der Waals surface area contributed by atoms with Gasteiger partial charge in [-0.15, -0.1) is 11.8 Å². The Labute approximate surface area is 160 Å². The Bertz CT molecular complexity index is 798. The predicted molar refractivity (Wildman–Crippen MR) is 108 cm³/mol. The van der Waals surface area contributed by atoms with Gasteiger partial charge in [0.25, 0.3) is 0 Å². The molecule has 3 nitrogen and oxygen atoms in total. The van der Waals surface area contributed by atoms with Crippen molar-refractivity contribution >= 4 is 17.7 Å². The number of fused-ring (bicyclic) bond motifs is 1. The van der Waals surface area contributed by atoms with E-state index in [1.54, 1.807) is 11.8 Å². The van der Waals surface area contributed by atoms with Crippen LogP contribution in [0.1, 0.15) is 49.9 Å². The van der Waals surface area contributed by atoms with E-state index < -0.39 is 0 Å². The summed E-state index contributed by atoms with van der Waals surface area (Å²) in [5.41, 5.74) is 3.15. The van der Waals surface area contributed by atoms with Crippen LogP contribution in [0.4, 0.5) is 0 Å². The number of aryl methyl sites for hydroxylation is 2. The molecule has 1 heterocycles. The van der Waals surface area contributed by atoms with Crippen LogP contribution in [-0.4, -0.2) is 16.8 Å². The molecule has 26 heavy (non-hydrogen) atoms. The molecule has 0 radical (unpaired) electrons. The standard InChI is InChI=1S/C22H27NO2S/c1-14-6-9-17(10-7-14)26-16(3)21(24)23-19-13-22(4,5)25-20-12-15(2)8-11-18(19)20/h6-12,16,19H,13H2,1-5H3,(H,23,24)/t16-,19-/m0/s1. The average molecular weight is 370 g/mol. The molecule has 1 aliphatic heterocycles. The Morgan fingerprint density at radius 2 is 1.81 bits per heavy atom. The van der Waals surface area contributed by atoms with Gasteiger partial charge in [0.05, 0.1) is 11.3 Å². The SMILES string of the molecule is Cc1ccc(S[C@@H](C)C(=O)N[C@H]2CC(C)(C)Oc3cc(C)ccc32)cc1. The minimum absolute atomic E-state index is 0.0251. The molecule has 0 bridgehead atoms. The molecule has 1 aliphatic rings. The van der Waals surface area contributed by atoms with Gasteiger partial charge >= 0.3 is 0 Å². The molecule has 4 heteroatoms. The first-order chi connectivity index (χ1) is 12.2. The fourth-order valence-electron chi connectivity index (χ4n) is 3.25. The van der Waals surface area contributed by atoms with Crippen molar-refractivity contribution in [3.8, 4) is 5.75 Å². The summed E-state index contributed by atoms with van der Waals surface area (Å²) >= 11 is 1.59. The van der Waals surface area contributed by atoms with Crippen molar-refractivity contribution in [1.29, 1.82) is 0 Å². The molecule has 2 atom stereocenters. The highest BCUT2D eigenvalue weighted by molar-refractivity contribution is 8.00. The van der Waals surface area contributed by atoms with Crippen molar-refractivity contribution in [2.24, 2.45) is 0 Å². The van der Waals surface area contributed by atoms with Crippen molar-refractivity contribution in [1.82, 2.24) is 5.32 Å². The number of ether oxygens (including phenoxy) is 1. The number of nitrogens with one attached hydrogen (secondary N) is 1. The van der Waals surface area contributed by atoms with E-state index in [2.05, 4.69) is 75.5 Å². The summed E-state index contributed by atoms with van der Waals surface area (Å²) in [5.74, 6) is 0.940. The monoisotopic (exact) mass is 369 g/mol. The molecule has 2 aromatic rings. The van der Waals surface area contributed by atoms with Crippen LogP contribution in [0.5, 0.6) is 5.75 Å². The topological polar surface area (TPSA) is 38.3 Å². The summed E-state index contributed by atoms with van der Waals surface area (Å²) in [6.45, 7) is 10.2. The van der Waals surface area contributed by atoms with Crippen molar-refractivity contribution in [2.45, 2.75) is 62.8 Å². The largest absolute Gasteiger partial charge is 0.487 e. The molecule has 2 aromatic carbocycles. The lowest BCUT2D eigenvalue weighted by molar-refractivity contribution is -0.121. The van der Waals surface area contributed by atoms with Crippen LogP contribution < -0.4 is 10.1 Å². The molecular weight excluding hydrogens is 342 g/mol. The fourth-order valence-corrected chi connectivity index (χ4v) is 4.13. The van der Waals surface area contributed by atoms with Gasteiger partial charge in [-0.05, 0) is 58.4 Å². The second-order valence-electron chi connectivity index (χ2n) is 7.74. The summed E-state index contributed by atoms with van der Waals surface area (Å²) in [6.07, 6.45) is 0.761. The maximum Gasteiger partial charge on any atom is 0.233 e. The molecule has 0 fully saturated rings. The van der Waals surface area contributed by atoms with Crippen LogP contribution in [0, 0.1) is 13.8 Å². The van der Waals surface area contributed by atoms with E-state index in [0.29, 0.717) is 0 Å². The molecule has 0 saturated carbocycles. The maximum absolute atomic E-state index is 12.8. The Morgan fingerprint density at radius 1 is 1.15 bits per heavy atom. The molecule has 1 N–H and O–H groups in total. The van der Waals surface area contributed by atoms with Gasteiger partial charge in [-0.25, -0.2) is 0 Å². The van der Waals surface area contributed by atoms with E-state index in [1.807, 2.05) is 6.92 Å². The van der Waals surface area contributed by atoms with Gasteiger partial charge in [-0.2, -0.15) is 0 Å². The Kier molecular flexibility index (Phi) is 5.33. The van der Waals surface area contributed by atoms with Gasteiger partial charge in [0.2, 0.25) is 5.91 Å². The second kappa shape index (κ2) is 7.36. The van der Waals surface area contributed by atoms with Crippen molar-refractivity contribution in [2.75, 3.05) is 0 Å². The lowest BCUT2D eigenvalue weighted by atomic mass is 9.89. The summed E-state index contributed by atoms with van der Waals surface area (Å²) in [4.78, 5) is 13.9. The van der Waals surface area contributed by atoms with Crippen molar-refractivity contribution in [3.63, 3.8) is 0 Å². The van der Waals surface area contributed by atoms with Gasteiger partial charge in [-0.1, -0.05) is 29.8 Å². The third-order valence-electron chi connectivity index (χ3n) is 4.65. The number of carbonyl (C=O) groups excluding carboxylic acids is 1. The zero-order valence-corrected chi connectivity index (χ0v) is 16.9. The lowest BCUT2D eigenvalue weighted by Crippen LogP contribution is -2.43. The van der Waals surface area contributed by atoms with Gasteiger partial charge in [0, 0.05) is 16.9 Å². The van der Waals surface area contributed by atoms with Crippen LogP contribution in [0.25, 0.3) is 0 Å². The minimum Gasteiger partial charge on any atom is -0.487 e. The van der Waals surface area contributed by atoms with Gasteiger partial charge in [-0.3, -0.25) is 4.79 Å². The highest BCUT2D eigenvalue weighted by Crippen LogP contribution is 2.40. The van der Waals surface area contributed by atoms with Crippen molar-refractivity contribution in [3.05, 3.63) is 59.2 Å². The van der Waals surface area contributed by atoms with E-state index in [9.17, 15) is 4.79 Å². The van der Waals surface area contributed by atoms with Crippen LogP contribution >= 0.6 is 11.8 Å². The highest BCUT2D eigenvalue weighted by Gasteiger charge is 2.35. The number of benzene rings is 2. The number of thioether (sulfide) groups is 1. The minimum atomic E-state index is -0.300. The number of hydrogen-bond acceptors (Lipinski definition) is 3. The molecule has 0 aromatic heterocycles.